The molecule has 66 valence electrons. The molecule has 0 N–H and O–H groups in total. The summed E-state index contributed by atoms with van der Waals surface area (Å²) in [6.45, 7) is 7.69. The molecular formula is C8H18O2Si. The summed E-state index contributed by atoms with van der Waals surface area (Å²) in [5.74, 6) is 0. The van der Waals surface area contributed by atoms with Crippen LogP contribution in [0.25, 0.3) is 0 Å². The van der Waals surface area contributed by atoms with E-state index >= 15 is 0 Å². The standard InChI is InChI=1S/C8H18O2Si/c1-8(2,3)11(4,5)10-7-6-9/h6H,7H2,1-5H3/i7D2. The van der Waals surface area contributed by atoms with Crippen molar-refractivity contribution in [2.75, 3.05) is 6.56 Å². The van der Waals surface area contributed by atoms with Crippen molar-refractivity contribution < 1.29 is 12.0 Å². The van der Waals surface area contributed by atoms with Gasteiger partial charge in [-0.25, -0.2) is 0 Å². The predicted octanol–water partition coefficient (Wildman–Crippen LogP) is 2.21. The lowest BCUT2D eigenvalue weighted by Gasteiger charge is -2.35. The molecule has 0 aromatic rings. The van der Waals surface area contributed by atoms with Crippen molar-refractivity contribution >= 4 is 14.6 Å². The lowest BCUT2D eigenvalue weighted by atomic mass is 10.2. The van der Waals surface area contributed by atoms with Crippen molar-refractivity contribution in [1.82, 2.24) is 0 Å². The molecule has 0 spiro atoms. The Morgan fingerprint density at radius 1 is 1.55 bits per heavy atom. The van der Waals surface area contributed by atoms with Gasteiger partial charge in [-0.3, -0.25) is 0 Å². The van der Waals surface area contributed by atoms with Gasteiger partial charge in [0, 0.05) is 0 Å². The monoisotopic (exact) mass is 176 g/mol. The van der Waals surface area contributed by atoms with E-state index in [-0.39, 0.29) is 11.3 Å². The number of rotatable bonds is 3. The number of carbonyl (C=O) groups excluding carboxylic acids is 1. The minimum absolute atomic E-state index is 0.0800. The average molecular weight is 176 g/mol. The van der Waals surface area contributed by atoms with Gasteiger partial charge in [-0.15, -0.1) is 0 Å². The summed E-state index contributed by atoms with van der Waals surface area (Å²) in [6, 6.07) is 0. The third-order valence-corrected chi connectivity index (χ3v) is 6.41. The van der Waals surface area contributed by atoms with Gasteiger partial charge in [0.1, 0.15) is 6.29 Å². The smallest absolute Gasteiger partial charge is 0.192 e. The second-order valence-corrected chi connectivity index (χ2v) is 8.82. The van der Waals surface area contributed by atoms with Crippen molar-refractivity contribution in [1.29, 1.82) is 0 Å². The Morgan fingerprint density at radius 3 is 2.27 bits per heavy atom. The molecule has 2 nitrogen and oxygen atoms in total. The molecular weight excluding hydrogens is 156 g/mol. The van der Waals surface area contributed by atoms with Gasteiger partial charge in [0.2, 0.25) is 0 Å². The van der Waals surface area contributed by atoms with Crippen LogP contribution in [0.4, 0.5) is 0 Å². The van der Waals surface area contributed by atoms with E-state index in [1.165, 1.54) is 0 Å². The Balaban J connectivity index is 4.61. The minimum atomic E-state index is -2.17. The van der Waals surface area contributed by atoms with Gasteiger partial charge in [-0.05, 0) is 18.1 Å². The molecule has 3 heteroatoms. The Labute approximate surface area is 72.9 Å². The highest BCUT2D eigenvalue weighted by molar-refractivity contribution is 6.74. The van der Waals surface area contributed by atoms with Crippen LogP contribution in [0.2, 0.25) is 18.1 Å². The van der Waals surface area contributed by atoms with Crippen LogP contribution in [-0.2, 0) is 9.22 Å². The number of carbonyl (C=O) groups is 1. The molecule has 0 radical (unpaired) electrons. The third kappa shape index (κ3) is 3.16. The van der Waals surface area contributed by atoms with E-state index < -0.39 is 14.9 Å². The molecule has 0 aliphatic rings. The molecule has 0 saturated heterocycles. The molecule has 0 saturated carbocycles. The van der Waals surface area contributed by atoms with Crippen LogP contribution < -0.4 is 0 Å². The van der Waals surface area contributed by atoms with E-state index in [1.54, 1.807) is 0 Å². The molecule has 11 heavy (non-hydrogen) atoms. The van der Waals surface area contributed by atoms with Crippen LogP contribution in [0.1, 0.15) is 23.5 Å². The number of hydrogen-bond donors (Lipinski definition) is 0. The van der Waals surface area contributed by atoms with Crippen molar-refractivity contribution in [3.8, 4) is 0 Å². The molecule has 0 aromatic heterocycles. The van der Waals surface area contributed by atoms with Gasteiger partial charge in [-0.1, -0.05) is 20.8 Å². The quantitative estimate of drug-likeness (QED) is 0.487. The van der Waals surface area contributed by atoms with Crippen molar-refractivity contribution in [3.63, 3.8) is 0 Å². The summed E-state index contributed by atoms with van der Waals surface area (Å²) in [5, 5.41) is -0.0800. The van der Waals surface area contributed by atoms with Gasteiger partial charge in [0.05, 0.1) is 9.30 Å². The van der Waals surface area contributed by atoms with Crippen LogP contribution in [0, 0.1) is 0 Å². The molecule has 0 atom stereocenters. The van der Waals surface area contributed by atoms with E-state index in [4.69, 9.17) is 7.17 Å². The zero-order chi connectivity index (χ0) is 10.9. The molecule has 0 fully saturated rings. The summed E-state index contributed by atoms with van der Waals surface area (Å²) in [4.78, 5) is 10.4. The highest BCUT2D eigenvalue weighted by Crippen LogP contribution is 2.36. The molecule has 0 aliphatic carbocycles. The first-order chi connectivity index (χ1) is 5.52. The Morgan fingerprint density at radius 2 is 2.00 bits per heavy atom. The maximum Gasteiger partial charge on any atom is 0.192 e. The van der Waals surface area contributed by atoms with Gasteiger partial charge in [0.25, 0.3) is 0 Å². The average Bonchev–Trinajstić information content (AvgIpc) is 1.83. The maximum atomic E-state index is 10.4. The first kappa shape index (κ1) is 7.49. The second-order valence-electron chi connectivity index (χ2n) is 4.10. The van der Waals surface area contributed by atoms with Crippen molar-refractivity contribution in [3.05, 3.63) is 0 Å². The van der Waals surface area contributed by atoms with Crippen LogP contribution in [0.15, 0.2) is 0 Å². The van der Waals surface area contributed by atoms with Gasteiger partial charge in [0.15, 0.2) is 8.32 Å². The molecule has 0 aromatic carbocycles. The lowest BCUT2D eigenvalue weighted by molar-refractivity contribution is -0.109. The highest BCUT2D eigenvalue weighted by Gasteiger charge is 2.36. The largest absolute Gasteiger partial charge is 0.410 e. The normalized spacial score (nSPS) is 17.2. The van der Waals surface area contributed by atoms with E-state index in [9.17, 15) is 4.79 Å². The van der Waals surface area contributed by atoms with E-state index in [1.807, 2.05) is 33.9 Å². The predicted molar refractivity (Wildman–Crippen MR) is 49.2 cm³/mol. The minimum Gasteiger partial charge on any atom is -0.410 e. The van der Waals surface area contributed by atoms with Crippen molar-refractivity contribution in [2.45, 2.75) is 38.9 Å². The molecule has 0 aliphatic heterocycles. The van der Waals surface area contributed by atoms with Gasteiger partial charge < -0.3 is 9.22 Å². The molecule has 0 amide bonds. The highest BCUT2D eigenvalue weighted by atomic mass is 28.4. The fraction of sp³-hybridized carbons (Fsp3) is 0.875. The molecule has 0 rings (SSSR count). The Kier molecular flexibility index (Phi) is 2.38. The number of hydrogen-bond acceptors (Lipinski definition) is 2. The van der Waals surface area contributed by atoms with Crippen LogP contribution in [0.5, 0.6) is 0 Å². The summed E-state index contributed by atoms with van der Waals surface area (Å²) in [6.07, 6.45) is 0.216. The lowest BCUT2D eigenvalue weighted by Crippen LogP contribution is -2.41. The molecule has 0 bridgehead atoms. The SMILES string of the molecule is [2H]C([2H])(C=O)O[Si](C)(C)C(C)(C)C. The van der Waals surface area contributed by atoms with Crippen LogP contribution >= 0.6 is 0 Å². The van der Waals surface area contributed by atoms with Gasteiger partial charge in [-0.2, -0.15) is 0 Å². The van der Waals surface area contributed by atoms with E-state index in [0.717, 1.165) is 0 Å². The molecule has 0 heterocycles. The van der Waals surface area contributed by atoms with Crippen LogP contribution in [-0.4, -0.2) is 21.2 Å². The van der Waals surface area contributed by atoms with E-state index in [2.05, 4.69) is 0 Å². The summed E-state index contributed by atoms with van der Waals surface area (Å²) < 4.78 is 19.7. The Bertz CT molecular complexity index is 197. The maximum absolute atomic E-state index is 10.4. The Hall–Kier alpha value is -0.153. The third-order valence-electron chi connectivity index (χ3n) is 2.17. The zero-order valence-electron chi connectivity index (χ0n) is 9.89. The first-order valence-electron chi connectivity index (χ1n) is 4.68. The fourth-order valence-corrected chi connectivity index (χ4v) is 0.973. The zero-order valence-corrected chi connectivity index (χ0v) is 8.89. The summed E-state index contributed by atoms with van der Waals surface area (Å²) >= 11 is 0. The van der Waals surface area contributed by atoms with Crippen LogP contribution in [0.3, 0.4) is 0 Å². The van der Waals surface area contributed by atoms with Gasteiger partial charge >= 0.3 is 0 Å². The summed E-state index contributed by atoms with van der Waals surface area (Å²) in [5.41, 5.74) is 0. The fourth-order valence-electron chi connectivity index (χ4n) is 0.324. The topological polar surface area (TPSA) is 26.3 Å². The number of aldehydes is 1. The summed E-state index contributed by atoms with van der Waals surface area (Å²) in [7, 11) is -2.17. The second kappa shape index (κ2) is 3.50. The van der Waals surface area contributed by atoms with E-state index in [0.29, 0.717) is 0 Å². The molecule has 0 unspecified atom stereocenters. The first-order valence-corrected chi connectivity index (χ1v) is 6.59. The van der Waals surface area contributed by atoms with Crippen molar-refractivity contribution in [2.24, 2.45) is 0 Å².